The maximum absolute atomic E-state index is 11.5. The molecule has 0 heterocycles. The van der Waals surface area contributed by atoms with Gasteiger partial charge in [0.15, 0.2) is 11.6 Å². The zero-order valence-corrected chi connectivity index (χ0v) is 10.2. The van der Waals surface area contributed by atoms with E-state index >= 15 is 0 Å². The minimum atomic E-state index is -0.0762. The Morgan fingerprint density at radius 1 is 1.44 bits per heavy atom. The predicted octanol–water partition coefficient (Wildman–Crippen LogP) is 2.84. The summed E-state index contributed by atoms with van der Waals surface area (Å²) in [6.07, 6.45) is 6.14. The highest BCUT2D eigenvalue weighted by Crippen LogP contribution is 2.48. The van der Waals surface area contributed by atoms with Gasteiger partial charge in [0.05, 0.1) is 0 Å². The topological polar surface area (TPSA) is 34.1 Å². The smallest absolute Gasteiger partial charge is 0.155 e. The fraction of sp³-hybridized carbons (Fsp3) is 0.571. The second-order valence-electron chi connectivity index (χ2n) is 5.25. The molecule has 16 heavy (non-hydrogen) atoms. The van der Waals surface area contributed by atoms with Crippen LogP contribution in [0.2, 0.25) is 0 Å². The van der Waals surface area contributed by atoms with Crippen LogP contribution in [0.4, 0.5) is 0 Å². The molecule has 0 bridgehead atoms. The van der Waals surface area contributed by atoms with Crippen molar-refractivity contribution in [1.82, 2.24) is 0 Å². The van der Waals surface area contributed by atoms with Crippen LogP contribution in [-0.4, -0.2) is 11.6 Å². The van der Waals surface area contributed by atoms with Crippen molar-refractivity contribution in [1.29, 1.82) is 0 Å². The molecule has 2 unspecified atom stereocenters. The van der Waals surface area contributed by atoms with Crippen molar-refractivity contribution in [2.24, 2.45) is 11.3 Å². The lowest BCUT2D eigenvalue weighted by molar-refractivity contribution is -0.116. The molecule has 0 aromatic rings. The van der Waals surface area contributed by atoms with Crippen LogP contribution in [0.3, 0.4) is 0 Å². The summed E-state index contributed by atoms with van der Waals surface area (Å²) in [5.41, 5.74) is 2.06. The van der Waals surface area contributed by atoms with Gasteiger partial charge in [-0.2, -0.15) is 0 Å². The van der Waals surface area contributed by atoms with Gasteiger partial charge in [-0.05, 0) is 37.3 Å². The lowest BCUT2D eigenvalue weighted by Crippen LogP contribution is -2.34. The monoisotopic (exact) mass is 218 g/mol. The van der Waals surface area contributed by atoms with Crippen LogP contribution >= 0.6 is 0 Å². The summed E-state index contributed by atoms with van der Waals surface area (Å²) in [7, 11) is 0. The minimum Gasteiger partial charge on any atom is -0.295 e. The van der Waals surface area contributed by atoms with Gasteiger partial charge < -0.3 is 0 Å². The summed E-state index contributed by atoms with van der Waals surface area (Å²) in [5.74, 6) is 0.707. The van der Waals surface area contributed by atoms with Crippen LogP contribution in [0, 0.1) is 11.3 Å². The van der Waals surface area contributed by atoms with Crippen LogP contribution in [0.15, 0.2) is 23.3 Å². The van der Waals surface area contributed by atoms with Crippen molar-refractivity contribution >= 4 is 11.6 Å². The summed E-state index contributed by atoms with van der Waals surface area (Å²) in [4.78, 5) is 23.0. The van der Waals surface area contributed by atoms with E-state index < -0.39 is 0 Å². The van der Waals surface area contributed by atoms with Gasteiger partial charge in [0, 0.05) is 11.8 Å². The van der Waals surface area contributed by atoms with Crippen molar-refractivity contribution < 1.29 is 9.59 Å². The lowest BCUT2D eigenvalue weighted by Gasteiger charge is -2.41. The molecule has 0 aromatic carbocycles. The molecule has 0 fully saturated rings. The van der Waals surface area contributed by atoms with Crippen LogP contribution in [0.5, 0.6) is 0 Å². The number of rotatable bonds is 1. The number of fused-ring (bicyclic) bond motifs is 1. The summed E-state index contributed by atoms with van der Waals surface area (Å²) in [5, 5.41) is 0. The summed E-state index contributed by atoms with van der Waals surface area (Å²) < 4.78 is 0. The van der Waals surface area contributed by atoms with Crippen molar-refractivity contribution in [2.45, 2.75) is 40.0 Å². The molecule has 2 nitrogen and oxygen atoms in total. The third-order valence-corrected chi connectivity index (χ3v) is 4.15. The van der Waals surface area contributed by atoms with Gasteiger partial charge in [-0.3, -0.25) is 9.59 Å². The van der Waals surface area contributed by atoms with E-state index in [-0.39, 0.29) is 17.0 Å². The zero-order chi connectivity index (χ0) is 11.9. The Labute approximate surface area is 96.4 Å². The van der Waals surface area contributed by atoms with Crippen molar-refractivity contribution in [3.63, 3.8) is 0 Å². The highest BCUT2D eigenvalue weighted by atomic mass is 16.1. The van der Waals surface area contributed by atoms with Gasteiger partial charge in [0.1, 0.15) is 0 Å². The molecule has 2 atom stereocenters. The molecule has 2 aliphatic rings. The Hall–Kier alpha value is -1.18. The van der Waals surface area contributed by atoms with Gasteiger partial charge in [0.25, 0.3) is 0 Å². The number of hydrogen-bond donors (Lipinski definition) is 0. The van der Waals surface area contributed by atoms with Crippen LogP contribution in [0.25, 0.3) is 0 Å². The van der Waals surface area contributed by atoms with E-state index in [1.807, 2.05) is 0 Å². The Balaban J connectivity index is 2.46. The Bertz CT molecular complexity index is 414. The third-order valence-electron chi connectivity index (χ3n) is 4.15. The summed E-state index contributed by atoms with van der Waals surface area (Å²) in [6, 6.07) is 0. The predicted molar refractivity (Wildman–Crippen MR) is 63.0 cm³/mol. The molecule has 0 radical (unpaired) electrons. The van der Waals surface area contributed by atoms with E-state index in [2.05, 4.69) is 19.9 Å². The lowest BCUT2D eigenvalue weighted by atomic mass is 9.62. The molecular weight excluding hydrogens is 200 g/mol. The first-order chi connectivity index (χ1) is 7.43. The first-order valence-electron chi connectivity index (χ1n) is 5.90. The number of ketones is 2. The summed E-state index contributed by atoms with van der Waals surface area (Å²) in [6.45, 7) is 5.88. The van der Waals surface area contributed by atoms with E-state index in [1.54, 1.807) is 13.0 Å². The van der Waals surface area contributed by atoms with E-state index in [0.29, 0.717) is 12.3 Å². The van der Waals surface area contributed by atoms with E-state index in [4.69, 9.17) is 0 Å². The number of Topliss-reactive ketones (excluding diaryl/α,β-unsaturated/α-hetero) is 1. The molecule has 0 N–H and O–H groups in total. The standard InChI is InChI=1S/C14H18O2/c1-9-6-13(16)7-12-5-4-11(10(2)15)8-14(9,12)3/h7-9H,4-6H2,1-3H3. The van der Waals surface area contributed by atoms with Crippen LogP contribution in [-0.2, 0) is 9.59 Å². The molecular formula is C14H18O2. The molecule has 86 valence electrons. The maximum atomic E-state index is 11.5. The van der Waals surface area contributed by atoms with Gasteiger partial charge in [-0.15, -0.1) is 0 Å². The highest BCUT2D eigenvalue weighted by Gasteiger charge is 2.40. The van der Waals surface area contributed by atoms with E-state index in [1.165, 1.54) is 5.57 Å². The SMILES string of the molecule is CC(=O)C1=CC2(C)C(=CC(=O)CC2C)CC1. The fourth-order valence-corrected chi connectivity index (χ4v) is 2.80. The van der Waals surface area contributed by atoms with Crippen molar-refractivity contribution in [2.75, 3.05) is 0 Å². The molecule has 2 heteroatoms. The Morgan fingerprint density at radius 2 is 2.12 bits per heavy atom. The number of hydrogen-bond acceptors (Lipinski definition) is 2. The largest absolute Gasteiger partial charge is 0.295 e. The van der Waals surface area contributed by atoms with E-state index in [9.17, 15) is 9.59 Å². The Morgan fingerprint density at radius 3 is 2.75 bits per heavy atom. The molecule has 0 amide bonds. The Kier molecular flexibility index (Phi) is 2.61. The number of allylic oxidation sites excluding steroid dienone is 4. The normalized spacial score (nSPS) is 33.9. The molecule has 0 aliphatic heterocycles. The number of carbonyl (C=O) groups is 2. The molecule has 2 rings (SSSR count). The van der Waals surface area contributed by atoms with Gasteiger partial charge in [-0.25, -0.2) is 0 Å². The highest BCUT2D eigenvalue weighted by molar-refractivity contribution is 5.95. The first-order valence-corrected chi connectivity index (χ1v) is 5.90. The maximum Gasteiger partial charge on any atom is 0.155 e. The van der Waals surface area contributed by atoms with Crippen LogP contribution in [0.1, 0.15) is 40.0 Å². The summed E-state index contributed by atoms with van der Waals surface area (Å²) >= 11 is 0. The van der Waals surface area contributed by atoms with Gasteiger partial charge in [-0.1, -0.05) is 25.5 Å². The fourth-order valence-electron chi connectivity index (χ4n) is 2.80. The van der Waals surface area contributed by atoms with Crippen molar-refractivity contribution in [3.05, 3.63) is 23.3 Å². The van der Waals surface area contributed by atoms with Gasteiger partial charge in [0.2, 0.25) is 0 Å². The first kappa shape index (κ1) is 11.3. The average molecular weight is 218 g/mol. The minimum absolute atomic E-state index is 0.0762. The molecule has 0 spiro atoms. The molecule has 0 aromatic heterocycles. The van der Waals surface area contributed by atoms with Crippen LogP contribution < -0.4 is 0 Å². The molecule has 0 saturated carbocycles. The van der Waals surface area contributed by atoms with Gasteiger partial charge >= 0.3 is 0 Å². The molecule has 0 saturated heterocycles. The molecule has 2 aliphatic carbocycles. The zero-order valence-electron chi connectivity index (χ0n) is 10.2. The van der Waals surface area contributed by atoms with E-state index in [0.717, 1.165) is 18.4 Å². The average Bonchev–Trinajstić information content (AvgIpc) is 2.19. The van der Waals surface area contributed by atoms with Crippen molar-refractivity contribution in [3.8, 4) is 0 Å². The number of carbonyl (C=O) groups excluding carboxylic acids is 2. The quantitative estimate of drug-likeness (QED) is 0.678. The third kappa shape index (κ3) is 1.66. The second kappa shape index (κ2) is 3.69. The second-order valence-corrected chi connectivity index (χ2v) is 5.25.